The molecule has 0 aliphatic heterocycles. The number of allylic oxidation sites excluding steroid dienone is 1. The van der Waals surface area contributed by atoms with Gasteiger partial charge in [-0.05, 0) is 36.8 Å². The predicted octanol–water partition coefficient (Wildman–Crippen LogP) is 3.61. The van der Waals surface area contributed by atoms with Crippen molar-refractivity contribution in [3.8, 4) is 17.2 Å². The molecule has 6 nitrogen and oxygen atoms in total. The third-order valence-corrected chi connectivity index (χ3v) is 4.05. The van der Waals surface area contributed by atoms with Gasteiger partial charge in [0, 0.05) is 18.3 Å². The first-order valence-corrected chi connectivity index (χ1v) is 8.99. The summed E-state index contributed by atoms with van der Waals surface area (Å²) < 4.78 is 12.7. The van der Waals surface area contributed by atoms with Gasteiger partial charge < -0.3 is 14.8 Å². The zero-order valence-electron chi connectivity index (χ0n) is 16.0. The summed E-state index contributed by atoms with van der Waals surface area (Å²) in [4.78, 5) is 12.1. The number of carbonyl (C=O) groups excluding carboxylic acids is 1. The number of methoxy groups -OCH3 is 1. The van der Waals surface area contributed by atoms with Crippen LogP contribution in [0.5, 0.6) is 11.5 Å². The lowest BCUT2D eigenvalue weighted by Gasteiger charge is -2.11. The van der Waals surface area contributed by atoms with E-state index in [1.54, 1.807) is 24.1 Å². The Morgan fingerprint density at radius 1 is 1.18 bits per heavy atom. The number of amides is 1. The van der Waals surface area contributed by atoms with Gasteiger partial charge in [0.05, 0.1) is 19.0 Å². The molecular weight excluding hydrogens is 354 g/mol. The van der Waals surface area contributed by atoms with E-state index in [4.69, 9.17) is 9.47 Å². The second-order valence-corrected chi connectivity index (χ2v) is 6.10. The summed E-state index contributed by atoms with van der Waals surface area (Å²) in [5, 5.41) is 7.15. The van der Waals surface area contributed by atoms with E-state index in [0.29, 0.717) is 18.0 Å². The number of nitrogens with zero attached hydrogens (tertiary/aromatic N) is 2. The van der Waals surface area contributed by atoms with E-state index in [2.05, 4.69) is 10.4 Å². The molecule has 1 N–H and O–H groups in total. The SMILES string of the molecule is C/C=C/c1ccc(OCC(=O)NCc2cnn(-c3ccccc3)c2)c(OC)c1. The van der Waals surface area contributed by atoms with Crippen molar-refractivity contribution in [1.82, 2.24) is 15.1 Å². The molecule has 0 saturated carbocycles. The first-order chi connectivity index (χ1) is 13.7. The number of nitrogens with one attached hydrogen (secondary N) is 1. The van der Waals surface area contributed by atoms with E-state index in [1.165, 1.54) is 0 Å². The molecule has 0 fully saturated rings. The van der Waals surface area contributed by atoms with Gasteiger partial charge in [0.1, 0.15) is 0 Å². The van der Waals surface area contributed by atoms with Gasteiger partial charge >= 0.3 is 0 Å². The van der Waals surface area contributed by atoms with Crippen LogP contribution in [0.25, 0.3) is 11.8 Å². The zero-order valence-corrected chi connectivity index (χ0v) is 16.0. The third-order valence-electron chi connectivity index (χ3n) is 4.05. The van der Waals surface area contributed by atoms with Gasteiger partial charge in [0.2, 0.25) is 0 Å². The minimum Gasteiger partial charge on any atom is -0.493 e. The monoisotopic (exact) mass is 377 g/mol. The number of ether oxygens (including phenoxy) is 2. The molecule has 0 radical (unpaired) electrons. The van der Waals surface area contributed by atoms with E-state index in [9.17, 15) is 4.79 Å². The molecule has 1 amide bonds. The molecule has 0 aliphatic rings. The first kappa shape index (κ1) is 19.2. The van der Waals surface area contributed by atoms with Crippen LogP contribution in [0.1, 0.15) is 18.1 Å². The zero-order chi connectivity index (χ0) is 19.8. The van der Waals surface area contributed by atoms with Gasteiger partial charge in [-0.2, -0.15) is 5.10 Å². The fourth-order valence-electron chi connectivity index (χ4n) is 2.67. The molecule has 0 unspecified atom stereocenters. The average molecular weight is 377 g/mol. The van der Waals surface area contributed by atoms with Crippen LogP contribution in [0, 0.1) is 0 Å². The quantitative estimate of drug-likeness (QED) is 0.651. The van der Waals surface area contributed by atoms with E-state index in [-0.39, 0.29) is 12.5 Å². The van der Waals surface area contributed by atoms with E-state index >= 15 is 0 Å². The van der Waals surface area contributed by atoms with Crippen molar-refractivity contribution >= 4 is 12.0 Å². The normalized spacial score (nSPS) is 10.8. The fraction of sp³-hybridized carbons (Fsp3) is 0.182. The second-order valence-electron chi connectivity index (χ2n) is 6.10. The van der Waals surface area contributed by atoms with Crippen molar-refractivity contribution in [3.63, 3.8) is 0 Å². The Hall–Kier alpha value is -3.54. The molecular formula is C22H23N3O3. The number of hydrogen-bond donors (Lipinski definition) is 1. The van der Waals surface area contributed by atoms with Crippen molar-refractivity contribution in [2.24, 2.45) is 0 Å². The predicted molar refractivity (Wildman–Crippen MR) is 109 cm³/mol. The van der Waals surface area contributed by atoms with Gasteiger partial charge in [0.25, 0.3) is 5.91 Å². The highest BCUT2D eigenvalue weighted by Gasteiger charge is 2.09. The Morgan fingerprint density at radius 2 is 2.00 bits per heavy atom. The van der Waals surface area contributed by atoms with Gasteiger partial charge in [-0.1, -0.05) is 36.4 Å². The standard InChI is InChI=1S/C22H23N3O3/c1-3-7-17-10-11-20(21(12-17)27-2)28-16-22(26)23-13-18-14-24-25(15-18)19-8-5-4-6-9-19/h3-12,14-15H,13,16H2,1-2H3,(H,23,26)/b7-3+. The smallest absolute Gasteiger partial charge is 0.258 e. The number of para-hydroxylation sites is 1. The summed E-state index contributed by atoms with van der Waals surface area (Å²) in [6.07, 6.45) is 7.54. The molecule has 28 heavy (non-hydrogen) atoms. The maximum atomic E-state index is 12.1. The Balaban J connectivity index is 1.52. The van der Waals surface area contributed by atoms with E-state index < -0.39 is 0 Å². The van der Waals surface area contributed by atoms with Crippen molar-refractivity contribution < 1.29 is 14.3 Å². The highest BCUT2D eigenvalue weighted by Crippen LogP contribution is 2.28. The third kappa shape index (κ3) is 5.01. The number of aromatic nitrogens is 2. The second kappa shape index (κ2) is 9.41. The van der Waals surface area contributed by atoms with Gasteiger partial charge in [0.15, 0.2) is 18.1 Å². The molecule has 2 aromatic carbocycles. The summed E-state index contributed by atoms with van der Waals surface area (Å²) >= 11 is 0. The number of rotatable bonds is 8. The average Bonchev–Trinajstić information content (AvgIpc) is 3.21. The van der Waals surface area contributed by atoms with Crippen LogP contribution in [0.3, 0.4) is 0 Å². The summed E-state index contributed by atoms with van der Waals surface area (Å²) in [6.45, 7) is 2.24. The van der Waals surface area contributed by atoms with Crippen LogP contribution in [-0.4, -0.2) is 29.4 Å². The molecule has 6 heteroatoms. The maximum Gasteiger partial charge on any atom is 0.258 e. The van der Waals surface area contributed by atoms with Crippen LogP contribution >= 0.6 is 0 Å². The van der Waals surface area contributed by atoms with Crippen LogP contribution < -0.4 is 14.8 Å². The molecule has 0 aliphatic carbocycles. The minimum absolute atomic E-state index is 0.0911. The van der Waals surface area contributed by atoms with Crippen molar-refractivity contribution in [3.05, 3.63) is 78.1 Å². The number of benzene rings is 2. The lowest BCUT2D eigenvalue weighted by Crippen LogP contribution is -2.28. The van der Waals surface area contributed by atoms with Crippen LogP contribution in [0.2, 0.25) is 0 Å². The summed E-state index contributed by atoms with van der Waals surface area (Å²) in [5.74, 6) is 0.905. The Kier molecular flexibility index (Phi) is 6.46. The lowest BCUT2D eigenvalue weighted by molar-refractivity contribution is -0.123. The number of hydrogen-bond acceptors (Lipinski definition) is 4. The molecule has 1 aromatic heterocycles. The van der Waals surface area contributed by atoms with E-state index in [1.807, 2.05) is 67.7 Å². The maximum absolute atomic E-state index is 12.1. The summed E-state index contributed by atoms with van der Waals surface area (Å²) in [7, 11) is 1.58. The van der Waals surface area contributed by atoms with Crippen molar-refractivity contribution in [1.29, 1.82) is 0 Å². The van der Waals surface area contributed by atoms with Crippen LogP contribution in [0.4, 0.5) is 0 Å². The summed E-state index contributed by atoms with van der Waals surface area (Å²) in [5.41, 5.74) is 2.88. The number of carbonyl (C=O) groups is 1. The molecule has 3 aromatic rings. The summed E-state index contributed by atoms with van der Waals surface area (Å²) in [6, 6.07) is 15.4. The van der Waals surface area contributed by atoms with Crippen LogP contribution in [-0.2, 0) is 11.3 Å². The molecule has 0 spiro atoms. The van der Waals surface area contributed by atoms with E-state index in [0.717, 1.165) is 16.8 Å². The highest BCUT2D eigenvalue weighted by atomic mass is 16.5. The molecule has 0 bridgehead atoms. The lowest BCUT2D eigenvalue weighted by atomic mass is 10.2. The van der Waals surface area contributed by atoms with Crippen molar-refractivity contribution in [2.45, 2.75) is 13.5 Å². The highest BCUT2D eigenvalue weighted by molar-refractivity contribution is 5.77. The molecule has 1 heterocycles. The molecule has 0 saturated heterocycles. The topological polar surface area (TPSA) is 65.4 Å². The Bertz CT molecular complexity index is 949. The van der Waals surface area contributed by atoms with Crippen molar-refractivity contribution in [2.75, 3.05) is 13.7 Å². The Morgan fingerprint density at radius 3 is 2.75 bits per heavy atom. The van der Waals surface area contributed by atoms with Gasteiger partial charge in [-0.25, -0.2) is 4.68 Å². The van der Waals surface area contributed by atoms with Gasteiger partial charge in [-0.3, -0.25) is 4.79 Å². The largest absolute Gasteiger partial charge is 0.493 e. The minimum atomic E-state index is -0.216. The molecule has 0 atom stereocenters. The molecule has 144 valence electrons. The first-order valence-electron chi connectivity index (χ1n) is 8.99. The fourth-order valence-corrected chi connectivity index (χ4v) is 2.67. The molecule has 3 rings (SSSR count). The van der Waals surface area contributed by atoms with Crippen LogP contribution in [0.15, 0.2) is 67.0 Å². The Labute approximate surface area is 164 Å². The van der Waals surface area contributed by atoms with Gasteiger partial charge in [-0.15, -0.1) is 0 Å².